The van der Waals surface area contributed by atoms with Gasteiger partial charge in [-0.2, -0.15) is 5.26 Å². The molecule has 0 aliphatic rings. The van der Waals surface area contributed by atoms with Crippen molar-refractivity contribution >= 4 is 17.7 Å². The summed E-state index contributed by atoms with van der Waals surface area (Å²) < 4.78 is 5.12. The molecule has 8 heteroatoms. The molecule has 7 nitrogen and oxygen atoms in total. The van der Waals surface area contributed by atoms with Crippen molar-refractivity contribution in [2.24, 2.45) is 5.92 Å². The van der Waals surface area contributed by atoms with E-state index in [1.54, 1.807) is 31.4 Å². The number of H-pyrrole nitrogens is 1. The molecule has 2 N–H and O–H groups in total. The third kappa shape index (κ3) is 5.34. The van der Waals surface area contributed by atoms with Crippen molar-refractivity contribution in [2.75, 3.05) is 12.9 Å². The zero-order valence-electron chi connectivity index (χ0n) is 15.7. The van der Waals surface area contributed by atoms with Crippen molar-refractivity contribution in [2.45, 2.75) is 32.0 Å². The number of aromatic amines is 1. The number of carbonyl (C=O) groups excluding carboxylic acids is 1. The molecule has 0 saturated carbocycles. The third-order valence-electron chi connectivity index (χ3n) is 4.10. The fourth-order valence-corrected chi connectivity index (χ4v) is 2.85. The van der Waals surface area contributed by atoms with Gasteiger partial charge in [0, 0.05) is 11.6 Å². The van der Waals surface area contributed by atoms with Gasteiger partial charge in [-0.25, -0.2) is 4.98 Å². The van der Waals surface area contributed by atoms with Crippen molar-refractivity contribution in [1.29, 1.82) is 5.26 Å². The minimum atomic E-state index is -0.531. The topological polar surface area (TPSA) is 108 Å². The van der Waals surface area contributed by atoms with Crippen LogP contribution in [0.4, 0.5) is 0 Å². The molecule has 0 saturated heterocycles. The maximum absolute atomic E-state index is 12.2. The molecule has 2 rings (SSSR count). The Morgan fingerprint density at radius 1 is 1.33 bits per heavy atom. The summed E-state index contributed by atoms with van der Waals surface area (Å²) in [6.07, 6.45) is 0. The quantitative estimate of drug-likeness (QED) is 0.559. The standard InChI is InChI=1S/C19H22N4O3S/c1-11(2)12(3)21-16(24)10-27-19-22-17(15(9-20)18(25)23-19)13-5-7-14(26-4)8-6-13/h5-8,11-12H,10H2,1-4H3,(H,21,24)(H,22,23,25)/t12-/m0/s1. The van der Waals surface area contributed by atoms with Crippen LogP contribution < -0.4 is 15.6 Å². The molecule has 1 aromatic heterocycles. The molecule has 0 fully saturated rings. The first-order valence-electron chi connectivity index (χ1n) is 8.46. The number of benzene rings is 1. The number of rotatable bonds is 7. The summed E-state index contributed by atoms with van der Waals surface area (Å²) in [5, 5.41) is 12.5. The first kappa shape index (κ1) is 20.5. The molecule has 1 amide bonds. The number of methoxy groups -OCH3 is 1. The molecular formula is C19H22N4O3S. The lowest BCUT2D eigenvalue weighted by atomic mass is 10.1. The number of aromatic nitrogens is 2. The van der Waals surface area contributed by atoms with Gasteiger partial charge >= 0.3 is 0 Å². The van der Waals surface area contributed by atoms with Crippen LogP contribution in [-0.2, 0) is 4.79 Å². The molecule has 1 aromatic carbocycles. The second kappa shape index (κ2) is 9.24. The summed E-state index contributed by atoms with van der Waals surface area (Å²) in [4.78, 5) is 31.2. The van der Waals surface area contributed by atoms with Gasteiger partial charge in [0.05, 0.1) is 18.6 Å². The van der Waals surface area contributed by atoms with Crippen molar-refractivity contribution < 1.29 is 9.53 Å². The van der Waals surface area contributed by atoms with Crippen LogP contribution in [0.2, 0.25) is 0 Å². The largest absolute Gasteiger partial charge is 0.497 e. The van der Waals surface area contributed by atoms with E-state index in [0.29, 0.717) is 17.2 Å². The van der Waals surface area contributed by atoms with Crippen LogP contribution in [0.15, 0.2) is 34.2 Å². The average molecular weight is 386 g/mol. The average Bonchev–Trinajstić information content (AvgIpc) is 2.65. The van der Waals surface area contributed by atoms with E-state index < -0.39 is 5.56 Å². The lowest BCUT2D eigenvalue weighted by molar-refractivity contribution is -0.119. The lowest BCUT2D eigenvalue weighted by Crippen LogP contribution is -2.37. The zero-order chi connectivity index (χ0) is 20.0. The van der Waals surface area contributed by atoms with Gasteiger partial charge in [-0.3, -0.25) is 9.59 Å². The molecular weight excluding hydrogens is 364 g/mol. The highest BCUT2D eigenvalue weighted by Gasteiger charge is 2.16. The summed E-state index contributed by atoms with van der Waals surface area (Å²) in [5.74, 6) is 0.967. The normalized spacial score (nSPS) is 11.7. The molecule has 142 valence electrons. The number of nitrogens with one attached hydrogen (secondary N) is 2. The lowest BCUT2D eigenvalue weighted by Gasteiger charge is -2.17. The Labute approximate surface area is 162 Å². The summed E-state index contributed by atoms with van der Waals surface area (Å²) >= 11 is 1.12. The number of nitriles is 1. The first-order chi connectivity index (χ1) is 12.8. The van der Waals surface area contributed by atoms with Crippen LogP contribution in [0.3, 0.4) is 0 Å². The SMILES string of the molecule is COc1ccc(-c2nc(SCC(=O)N[C@@H](C)C(C)C)[nH]c(=O)c2C#N)cc1. The van der Waals surface area contributed by atoms with E-state index in [0.717, 1.165) is 11.8 Å². The highest BCUT2D eigenvalue weighted by atomic mass is 32.2. The Hall–Kier alpha value is -2.79. The van der Waals surface area contributed by atoms with Gasteiger partial charge in [-0.1, -0.05) is 25.6 Å². The van der Waals surface area contributed by atoms with E-state index in [-0.39, 0.29) is 34.1 Å². The van der Waals surface area contributed by atoms with E-state index in [2.05, 4.69) is 15.3 Å². The second-order valence-electron chi connectivity index (χ2n) is 6.32. The molecule has 0 aliphatic heterocycles. The van der Waals surface area contributed by atoms with Crippen molar-refractivity contribution in [3.8, 4) is 23.1 Å². The summed E-state index contributed by atoms with van der Waals surface area (Å²) in [6, 6.07) is 8.87. The van der Waals surface area contributed by atoms with Crippen LogP contribution in [0, 0.1) is 17.2 Å². The summed E-state index contributed by atoms with van der Waals surface area (Å²) in [5.41, 5.74) is 0.305. The fourth-order valence-electron chi connectivity index (χ4n) is 2.18. The molecule has 0 radical (unpaired) electrons. The zero-order valence-corrected chi connectivity index (χ0v) is 16.5. The number of ether oxygens (including phenoxy) is 1. The molecule has 0 bridgehead atoms. The van der Waals surface area contributed by atoms with Gasteiger partial charge in [0.15, 0.2) is 5.16 Å². The van der Waals surface area contributed by atoms with E-state index in [1.807, 2.05) is 26.8 Å². The van der Waals surface area contributed by atoms with Crippen LogP contribution in [-0.4, -0.2) is 34.8 Å². The summed E-state index contributed by atoms with van der Waals surface area (Å²) in [7, 11) is 1.56. The minimum Gasteiger partial charge on any atom is -0.497 e. The van der Waals surface area contributed by atoms with E-state index in [9.17, 15) is 14.9 Å². The monoisotopic (exact) mass is 386 g/mol. The van der Waals surface area contributed by atoms with Crippen LogP contribution in [0.25, 0.3) is 11.3 Å². The highest BCUT2D eigenvalue weighted by Crippen LogP contribution is 2.24. The Balaban J connectivity index is 2.24. The van der Waals surface area contributed by atoms with Gasteiger partial charge in [0.25, 0.3) is 5.56 Å². The Kier molecular flexibility index (Phi) is 7.02. The Morgan fingerprint density at radius 2 is 2.00 bits per heavy atom. The number of hydrogen-bond donors (Lipinski definition) is 2. The van der Waals surface area contributed by atoms with Gasteiger partial charge in [0.1, 0.15) is 17.4 Å². The highest BCUT2D eigenvalue weighted by molar-refractivity contribution is 7.99. The number of amides is 1. The second-order valence-corrected chi connectivity index (χ2v) is 7.29. The number of nitrogens with zero attached hydrogens (tertiary/aromatic N) is 2. The fraction of sp³-hybridized carbons (Fsp3) is 0.368. The van der Waals surface area contributed by atoms with Gasteiger partial charge in [0.2, 0.25) is 5.91 Å². The van der Waals surface area contributed by atoms with Crippen molar-refractivity contribution in [3.63, 3.8) is 0 Å². The number of carbonyl (C=O) groups is 1. The van der Waals surface area contributed by atoms with Gasteiger partial charge < -0.3 is 15.0 Å². The van der Waals surface area contributed by atoms with Crippen molar-refractivity contribution in [1.82, 2.24) is 15.3 Å². The molecule has 1 heterocycles. The molecule has 0 spiro atoms. The van der Waals surface area contributed by atoms with Crippen LogP contribution >= 0.6 is 11.8 Å². The Bertz CT molecular complexity index is 901. The molecule has 0 unspecified atom stereocenters. The van der Waals surface area contributed by atoms with E-state index in [1.165, 1.54) is 0 Å². The molecule has 2 aromatic rings. The Morgan fingerprint density at radius 3 is 2.56 bits per heavy atom. The third-order valence-corrected chi connectivity index (χ3v) is 4.97. The smallest absolute Gasteiger partial charge is 0.270 e. The minimum absolute atomic E-state index is 0.0564. The van der Waals surface area contributed by atoms with Gasteiger partial charge in [-0.15, -0.1) is 0 Å². The predicted molar refractivity (Wildman–Crippen MR) is 105 cm³/mol. The molecule has 27 heavy (non-hydrogen) atoms. The number of hydrogen-bond acceptors (Lipinski definition) is 6. The van der Waals surface area contributed by atoms with Crippen molar-refractivity contribution in [3.05, 3.63) is 40.2 Å². The van der Waals surface area contributed by atoms with E-state index >= 15 is 0 Å². The van der Waals surface area contributed by atoms with E-state index in [4.69, 9.17) is 4.74 Å². The van der Waals surface area contributed by atoms with Crippen LogP contribution in [0.5, 0.6) is 5.75 Å². The first-order valence-corrected chi connectivity index (χ1v) is 9.45. The molecule has 0 aliphatic carbocycles. The maximum Gasteiger partial charge on any atom is 0.270 e. The number of thioether (sulfide) groups is 1. The molecule has 1 atom stereocenters. The van der Waals surface area contributed by atoms with Gasteiger partial charge in [-0.05, 0) is 37.1 Å². The van der Waals surface area contributed by atoms with Crippen LogP contribution in [0.1, 0.15) is 26.3 Å². The predicted octanol–water partition coefficient (Wildman–Crippen LogP) is 2.57. The maximum atomic E-state index is 12.2. The summed E-state index contributed by atoms with van der Waals surface area (Å²) in [6.45, 7) is 5.99.